The van der Waals surface area contributed by atoms with Gasteiger partial charge in [-0.05, 0) is 19.8 Å². The number of halogens is 16. The number of hydrogen-bond donors (Lipinski definition) is 8. The molecule has 72 heavy (non-hydrogen) atoms. The van der Waals surface area contributed by atoms with Crippen LogP contribution in [0.1, 0.15) is 13.8 Å². The molecule has 0 spiro atoms. The summed E-state index contributed by atoms with van der Waals surface area (Å²) in [5.41, 5.74) is 0. The number of alkyl halides is 9. The van der Waals surface area contributed by atoms with E-state index in [4.69, 9.17) is 45.6 Å². The largest absolute Gasteiger partial charge is 0.419 e. The molecular formula is C35H66F16O18Rf3-4. The van der Waals surface area contributed by atoms with Crippen LogP contribution < -0.4 is 0 Å². The fourth-order valence-electron chi connectivity index (χ4n) is 2.54. The molecule has 0 rings (SSSR count). The van der Waals surface area contributed by atoms with Gasteiger partial charge < -0.3 is 117 Å². The Hall–Kier alpha value is -4.84. The molecule has 0 aromatic rings. The molecule has 0 saturated heterocycles. The summed E-state index contributed by atoms with van der Waals surface area (Å²) in [5, 5.41) is 64.8. The molecular weight excluding hydrogens is 1810 g/mol. The van der Waals surface area contributed by atoms with Crippen molar-refractivity contribution in [1.82, 2.24) is 0 Å². The minimum atomic E-state index is -3.88. The van der Waals surface area contributed by atoms with E-state index in [0.29, 0.717) is 0 Å². The Balaban J connectivity index is -0.0000000687. The average Bonchev–Trinajstić information content (AvgIpc) is 3.21. The van der Waals surface area contributed by atoms with Gasteiger partial charge in [0.15, 0.2) is 0 Å². The van der Waals surface area contributed by atoms with Crippen molar-refractivity contribution in [3.63, 3.8) is 0 Å². The molecule has 0 aromatic carbocycles. The van der Waals surface area contributed by atoms with Gasteiger partial charge in [-0.1, -0.05) is 4.53 Å². The standard InChI is InChI=1S/C8H13F4O4.C7H12F3O3.C5H10F2O4.C5H9F2O3.C5H10F2O2.C4H8F2O.CH3.FHO.3Rf/c1-14-8(11,12)5-16-3-6(13)2-15-4-7(9)10;8-1-2-12-3-6(11)4-13-5-7(9)10;6-5(7,10)3-11-2-4(9)1-8;6-5(7)3-10-2-4(9)1-8;1-5(6,7)3-9-4-8-2;1-4(5,6)3-7-2;;1-2;;;/h6,13H,2-5H2,1H3;6,11H,1-5H2;4,8-10H,1-3H2;4,8-9H,1-3H2;3-4H2,1-2H3;3H2,1-2H3;1H3;2H;;;/q2*-1;;-1;;;-1;;;;. The maximum Gasteiger partial charge on any atom is 0.378 e. The summed E-state index contributed by atoms with van der Waals surface area (Å²) in [6.45, 7) is -7.93. The molecule has 18 nitrogen and oxygen atoms in total. The fourth-order valence-corrected chi connectivity index (χ4v) is 2.54. The topological polar surface area (TPSA) is 254 Å². The van der Waals surface area contributed by atoms with Crippen molar-refractivity contribution < 1.29 is 159 Å². The first-order valence-electron chi connectivity index (χ1n) is 18.3. The normalized spacial score (nSPS) is 12.7. The van der Waals surface area contributed by atoms with Crippen molar-refractivity contribution >= 4 is 0 Å². The molecule has 37 heteroatoms. The van der Waals surface area contributed by atoms with Gasteiger partial charge in [0.25, 0.3) is 11.8 Å². The third-order valence-corrected chi connectivity index (χ3v) is 4.94. The minimum absolute atomic E-state index is 0. The molecule has 0 bridgehead atoms. The summed E-state index contributed by atoms with van der Waals surface area (Å²) in [5.74, 6) is -5.42. The number of ether oxygens (including phenoxy) is 10. The van der Waals surface area contributed by atoms with Crippen LogP contribution in [0.2, 0.25) is 0 Å². The zero-order valence-corrected chi connectivity index (χ0v) is 59.6. The summed E-state index contributed by atoms with van der Waals surface area (Å²) in [6, 6.07) is 0. The summed E-state index contributed by atoms with van der Waals surface area (Å²) < 4.78 is 226. The van der Waals surface area contributed by atoms with Gasteiger partial charge in [0.1, 0.15) is 64.3 Å². The summed E-state index contributed by atoms with van der Waals surface area (Å²) in [4.78, 5) is 0. The molecule has 0 amide bonds. The van der Waals surface area contributed by atoms with Crippen molar-refractivity contribution in [3.05, 3.63) is 26.7 Å². The first-order valence-corrected chi connectivity index (χ1v) is 18.3. The number of aliphatic hydroxyl groups excluding tert-OH is 6. The van der Waals surface area contributed by atoms with E-state index in [1.54, 1.807) is 0 Å². The van der Waals surface area contributed by atoms with Gasteiger partial charge >= 0.3 is 12.2 Å². The van der Waals surface area contributed by atoms with E-state index in [-0.39, 0.29) is 40.6 Å². The molecule has 0 radical (unpaired) electrons. The third-order valence-electron chi connectivity index (χ3n) is 4.94. The second-order valence-corrected chi connectivity index (χ2v) is 12.2. The summed E-state index contributed by atoms with van der Waals surface area (Å²) in [6.07, 6.45) is -17.4. The van der Waals surface area contributed by atoms with Crippen LogP contribution in [0.5, 0.6) is 0 Å². The molecule has 0 fully saturated rings. The van der Waals surface area contributed by atoms with Crippen LogP contribution in [0.15, 0.2) is 0 Å². The first-order chi connectivity index (χ1) is 31.3. The molecule has 0 heterocycles. The molecule has 0 aliphatic carbocycles. The van der Waals surface area contributed by atoms with Gasteiger partial charge in [0.2, 0.25) is 0 Å². The number of methoxy groups -OCH3 is 3. The Morgan fingerprint density at radius 2 is 0.792 bits per heavy atom. The predicted octanol–water partition coefficient (Wildman–Crippen LogP) is 3.42. The van der Waals surface area contributed by atoms with Crippen LogP contribution in [-0.2, 0) is 47.4 Å². The number of rotatable bonds is 33. The minimum Gasteiger partial charge on any atom is -0.419 e. The quantitative estimate of drug-likeness (QED) is 0.0203. The van der Waals surface area contributed by atoms with Crippen LogP contribution in [0.4, 0.5) is 70.4 Å². The fraction of sp³-hybridized carbons (Fsp3) is 0.886. The smallest absolute Gasteiger partial charge is 0.378 e. The first kappa shape index (κ1) is 93.2. The maximum absolute atomic E-state index is 12.4. The van der Waals surface area contributed by atoms with E-state index in [0.717, 1.165) is 21.0 Å². The Bertz CT molecular complexity index is 986. The molecule has 8 N–H and O–H groups in total. The van der Waals surface area contributed by atoms with Crippen molar-refractivity contribution in [2.75, 3.05) is 141 Å². The zero-order valence-electron chi connectivity index (χ0n) is 40.4. The summed E-state index contributed by atoms with van der Waals surface area (Å²) in [7, 11) is 3.44. The molecule has 0 aliphatic rings. The van der Waals surface area contributed by atoms with E-state index in [9.17, 15) is 65.9 Å². The van der Waals surface area contributed by atoms with Gasteiger partial charge in [-0.2, -0.15) is 17.6 Å². The van der Waals surface area contributed by atoms with Crippen LogP contribution >= 0.6 is 0 Å². The average molecular weight is 1880 g/mol. The molecule has 0 saturated carbocycles. The summed E-state index contributed by atoms with van der Waals surface area (Å²) >= 11 is 0. The third kappa shape index (κ3) is 111. The van der Waals surface area contributed by atoms with E-state index >= 15 is 0 Å². The van der Waals surface area contributed by atoms with Gasteiger partial charge in [-0.15, -0.1) is 0 Å². The Kier molecular flexibility index (Phi) is 78.3. The van der Waals surface area contributed by atoms with E-state index in [1.165, 1.54) is 14.2 Å². The second-order valence-electron chi connectivity index (χ2n) is 12.2. The van der Waals surface area contributed by atoms with Gasteiger partial charge in [0, 0.05) is 54.5 Å². The Labute approximate surface area is 388 Å². The molecule has 0 aliphatic heterocycles. The van der Waals surface area contributed by atoms with Crippen molar-refractivity contribution in [2.45, 2.75) is 62.3 Å². The Morgan fingerprint density at radius 1 is 0.472 bits per heavy atom. The molecule has 4 atom stereocenters. The monoisotopic (exact) mass is 1880 g/mol. The van der Waals surface area contributed by atoms with E-state index in [2.05, 4.69) is 47.4 Å². The molecule has 436 valence electrons. The van der Waals surface area contributed by atoms with Crippen LogP contribution in [0, 0.1) is 26.7 Å². The maximum atomic E-state index is 12.4. The Morgan fingerprint density at radius 3 is 1.06 bits per heavy atom. The van der Waals surface area contributed by atoms with Crippen LogP contribution in [0.3, 0.4) is 0 Å². The van der Waals surface area contributed by atoms with Crippen molar-refractivity contribution in [1.29, 1.82) is 0 Å². The van der Waals surface area contributed by atoms with E-state index in [1.807, 2.05) is 0 Å². The second kappa shape index (κ2) is 60.5. The van der Waals surface area contributed by atoms with E-state index < -0.39 is 154 Å². The molecule has 4 unspecified atom stereocenters. The predicted molar refractivity (Wildman–Crippen MR) is 205 cm³/mol. The van der Waals surface area contributed by atoms with Gasteiger partial charge in [0.05, 0.1) is 59.5 Å². The zero-order chi connectivity index (χ0) is 54.8. The number of hydrogen-bond acceptors (Lipinski definition) is 18. The number of aliphatic hydroxyl groups is 7. The van der Waals surface area contributed by atoms with Crippen LogP contribution in [0.25, 0.3) is 0 Å². The van der Waals surface area contributed by atoms with Gasteiger partial charge in [-0.25, -0.2) is 27.3 Å². The molecule has 0 aromatic heterocycles. The van der Waals surface area contributed by atoms with Crippen molar-refractivity contribution in [2.24, 2.45) is 0 Å². The van der Waals surface area contributed by atoms with Gasteiger partial charge in [-0.3, -0.25) is 0 Å². The SMILES string of the molecule is COC(F)(F)COCC(O)COC[C-](F)F.COCC(C)(F)F.COCOCC(C)(F)F.OC(COCCF)COC[C-](F)F.OCC(O)COCC(O)(F)F.OCC(O)COC[C-](F)F.OF.[CH3-].[Rf].[Rf].[Rf]. The van der Waals surface area contributed by atoms with Crippen LogP contribution in [-0.4, -0.2) is 230 Å². The van der Waals surface area contributed by atoms with Crippen molar-refractivity contribution in [3.8, 4) is 0 Å².